The number of aromatic nitrogens is 6. The number of nitrogens with zero attached hydrogens (tertiary/aromatic N) is 7. The Balaban J connectivity index is 1.64. The van der Waals surface area contributed by atoms with E-state index in [1.165, 1.54) is 0 Å². The summed E-state index contributed by atoms with van der Waals surface area (Å²) in [5.41, 5.74) is 1.93. The Morgan fingerprint density at radius 1 is 1.17 bits per heavy atom. The predicted octanol–water partition coefficient (Wildman–Crippen LogP) is 4.48. The third-order valence-corrected chi connectivity index (χ3v) is 9.58. The Hall–Kier alpha value is -2.81. The molecular weight excluding hydrogens is 562 g/mol. The number of aryl methyl sites for hydroxylation is 2. The molecule has 14 heteroatoms. The molecule has 1 aliphatic carbocycles. The highest BCUT2D eigenvalue weighted by Crippen LogP contribution is 2.42. The minimum absolute atomic E-state index is 0.00134. The first-order chi connectivity index (χ1) is 19.4. The van der Waals surface area contributed by atoms with E-state index < -0.39 is 17.9 Å². The fourth-order valence-electron chi connectivity index (χ4n) is 4.55. The molecule has 2 fully saturated rings. The second-order valence-electron chi connectivity index (χ2n) is 12.2. The van der Waals surface area contributed by atoms with Crippen LogP contribution in [0.1, 0.15) is 44.0 Å². The maximum atomic E-state index is 12.8. The van der Waals surface area contributed by atoms with Crippen LogP contribution >= 0.6 is 0 Å². The average molecular weight is 604 g/mol. The number of hydrogen-bond acceptors (Lipinski definition) is 10. The van der Waals surface area contributed by atoms with E-state index in [2.05, 4.69) is 34.7 Å². The summed E-state index contributed by atoms with van der Waals surface area (Å²) in [6.07, 6.45) is 9.17. The first kappa shape index (κ1) is 29.7. The highest BCUT2D eigenvalue weighted by atomic mass is 32.2. The van der Waals surface area contributed by atoms with Gasteiger partial charge in [0, 0.05) is 58.1 Å². The quantitative estimate of drug-likeness (QED) is 0.127. The van der Waals surface area contributed by atoms with E-state index in [-0.39, 0.29) is 24.2 Å². The maximum Gasteiger partial charge on any atom is 0.249 e. The summed E-state index contributed by atoms with van der Waals surface area (Å²) in [5.74, 6) is 1.26. The van der Waals surface area contributed by atoms with Gasteiger partial charge in [0.25, 0.3) is 0 Å². The van der Waals surface area contributed by atoms with Gasteiger partial charge in [-0.3, -0.25) is 9.58 Å². The molecule has 0 spiro atoms. The van der Waals surface area contributed by atoms with Crippen molar-refractivity contribution in [1.82, 2.24) is 29.5 Å². The zero-order valence-corrected chi connectivity index (χ0v) is 26.6. The van der Waals surface area contributed by atoms with E-state index in [0.29, 0.717) is 41.9 Å². The summed E-state index contributed by atoms with van der Waals surface area (Å²) in [6, 6.07) is 2.93. The lowest BCUT2D eigenvalue weighted by molar-refractivity contribution is -0.0405. The molecule has 1 saturated heterocycles. The number of sulfone groups is 1. The molecule has 4 heterocycles. The van der Waals surface area contributed by atoms with Crippen LogP contribution in [-0.4, -0.2) is 78.3 Å². The van der Waals surface area contributed by atoms with Gasteiger partial charge in [0.15, 0.2) is 23.6 Å². The Morgan fingerprint density at radius 2 is 1.95 bits per heavy atom. The van der Waals surface area contributed by atoms with Gasteiger partial charge in [0.2, 0.25) is 15.0 Å². The lowest BCUT2D eigenvalue weighted by Crippen LogP contribution is -2.28. The molecule has 3 aromatic rings. The molecule has 224 valence electrons. The van der Waals surface area contributed by atoms with E-state index in [1.54, 1.807) is 29.0 Å². The second-order valence-corrected chi connectivity index (χ2v) is 19.7. The van der Waals surface area contributed by atoms with Crippen LogP contribution in [-0.2, 0) is 26.4 Å². The predicted molar refractivity (Wildman–Crippen MR) is 158 cm³/mol. The van der Waals surface area contributed by atoms with Crippen LogP contribution in [0, 0.1) is 6.92 Å². The van der Waals surface area contributed by atoms with Crippen LogP contribution in [0.4, 0.5) is 11.6 Å². The summed E-state index contributed by atoms with van der Waals surface area (Å²) in [6.45, 7) is 10.3. The lowest BCUT2D eigenvalue weighted by atomic mass is 10.2. The molecule has 1 unspecified atom stereocenters. The number of ether oxygens (including phenoxy) is 3. The molecule has 1 atom stereocenters. The summed E-state index contributed by atoms with van der Waals surface area (Å²) < 4.78 is 47.9. The Kier molecular flexibility index (Phi) is 8.55. The van der Waals surface area contributed by atoms with Crippen molar-refractivity contribution in [2.45, 2.75) is 82.2 Å². The average Bonchev–Trinajstić information content (AvgIpc) is 3.49. The molecule has 0 N–H and O–H groups in total. The van der Waals surface area contributed by atoms with Crippen molar-refractivity contribution >= 4 is 29.5 Å². The first-order valence-electron chi connectivity index (χ1n) is 14.2. The molecule has 0 amide bonds. The molecular formula is C27H41N7O5SSi. The van der Waals surface area contributed by atoms with Crippen LogP contribution < -0.4 is 9.64 Å². The van der Waals surface area contributed by atoms with E-state index in [0.717, 1.165) is 50.1 Å². The molecule has 2 aliphatic rings. The molecule has 1 aliphatic heterocycles. The molecule has 5 rings (SSSR count). The Labute approximate surface area is 242 Å². The maximum absolute atomic E-state index is 12.8. The highest BCUT2D eigenvalue weighted by Gasteiger charge is 2.33. The van der Waals surface area contributed by atoms with Crippen LogP contribution in [0.25, 0.3) is 11.3 Å². The summed E-state index contributed by atoms with van der Waals surface area (Å²) in [4.78, 5) is 10.9. The molecule has 3 aromatic heterocycles. The molecule has 41 heavy (non-hydrogen) atoms. The van der Waals surface area contributed by atoms with Crippen LogP contribution in [0.5, 0.6) is 5.75 Å². The summed E-state index contributed by atoms with van der Waals surface area (Å²) in [7, 11) is -3.32. The smallest absolute Gasteiger partial charge is 0.249 e. The molecule has 0 bridgehead atoms. The van der Waals surface area contributed by atoms with Gasteiger partial charge < -0.3 is 14.2 Å². The van der Waals surface area contributed by atoms with Gasteiger partial charge in [-0.05, 0) is 45.1 Å². The van der Waals surface area contributed by atoms with Gasteiger partial charge in [0.05, 0.1) is 12.3 Å². The highest BCUT2D eigenvalue weighted by molar-refractivity contribution is 7.90. The van der Waals surface area contributed by atoms with Crippen LogP contribution in [0.15, 0.2) is 23.6 Å². The van der Waals surface area contributed by atoms with Crippen LogP contribution in [0.2, 0.25) is 25.7 Å². The van der Waals surface area contributed by atoms with Gasteiger partial charge in [-0.25, -0.2) is 18.1 Å². The summed E-state index contributed by atoms with van der Waals surface area (Å²) in [5, 5.41) is 8.93. The number of anilines is 2. The zero-order valence-electron chi connectivity index (χ0n) is 24.8. The van der Waals surface area contributed by atoms with Crippen molar-refractivity contribution in [3.8, 4) is 17.0 Å². The van der Waals surface area contributed by atoms with Crippen molar-refractivity contribution in [3.05, 3.63) is 24.2 Å². The van der Waals surface area contributed by atoms with Crippen molar-refractivity contribution in [2.75, 3.05) is 31.1 Å². The van der Waals surface area contributed by atoms with E-state index in [9.17, 15) is 8.42 Å². The van der Waals surface area contributed by atoms with Gasteiger partial charge in [-0.1, -0.05) is 19.6 Å². The first-order valence-corrected chi connectivity index (χ1v) is 19.8. The number of rotatable bonds is 12. The number of hydrogen-bond donors (Lipinski definition) is 0. The van der Waals surface area contributed by atoms with Gasteiger partial charge in [-0.15, -0.1) is 0 Å². The largest absolute Gasteiger partial charge is 0.484 e. The third-order valence-electron chi connectivity index (χ3n) is 7.03. The Bertz CT molecular complexity index is 1470. The fourth-order valence-corrected chi connectivity index (χ4v) is 5.81. The fraction of sp³-hybridized carbons (Fsp3) is 0.630. The second kappa shape index (κ2) is 11.8. The van der Waals surface area contributed by atoms with Crippen molar-refractivity contribution in [3.63, 3.8) is 0 Å². The van der Waals surface area contributed by atoms with Crippen molar-refractivity contribution in [1.29, 1.82) is 0 Å². The minimum Gasteiger partial charge on any atom is -0.484 e. The third kappa shape index (κ3) is 7.34. The van der Waals surface area contributed by atoms with Crippen LogP contribution in [0.3, 0.4) is 0 Å². The lowest BCUT2D eigenvalue weighted by Gasteiger charge is -2.26. The summed E-state index contributed by atoms with van der Waals surface area (Å²) >= 11 is 0. The van der Waals surface area contributed by atoms with E-state index in [4.69, 9.17) is 19.3 Å². The SMILES string of the molecule is Cc1cc(N(COCC[Si](C)(C)C)c2nc(S(C)(=O)=O)nc(-c3cnn(C)c3)c2OC2CC2)nn1C1CCCCO1. The van der Waals surface area contributed by atoms with Gasteiger partial charge >= 0.3 is 0 Å². The minimum atomic E-state index is -3.77. The van der Waals surface area contributed by atoms with Crippen molar-refractivity contribution < 1.29 is 22.6 Å². The monoisotopic (exact) mass is 603 g/mol. The van der Waals surface area contributed by atoms with Crippen molar-refractivity contribution in [2.24, 2.45) is 7.05 Å². The standard InChI is InChI=1S/C27H41N7O5SSi/c1-19-15-22(31-34(19)23-9-7-8-12-38-23)33(18-37-13-14-41(4,5)6)26-25(39-21-10-11-21)24(20-16-28-32(2)17-20)29-27(30-26)40(3,35)36/h15-17,21,23H,7-14,18H2,1-6H3. The molecule has 1 saturated carbocycles. The van der Waals surface area contributed by atoms with E-state index in [1.807, 2.05) is 17.7 Å². The topological polar surface area (TPSA) is 126 Å². The molecule has 12 nitrogen and oxygen atoms in total. The molecule has 0 radical (unpaired) electrons. The van der Waals surface area contributed by atoms with Gasteiger partial charge in [0.1, 0.15) is 12.4 Å². The van der Waals surface area contributed by atoms with Gasteiger partial charge in [-0.2, -0.15) is 15.2 Å². The molecule has 0 aromatic carbocycles. The Morgan fingerprint density at radius 3 is 2.56 bits per heavy atom. The van der Waals surface area contributed by atoms with E-state index >= 15 is 0 Å². The zero-order chi connectivity index (χ0) is 29.4. The normalized spacial score (nSPS) is 18.0.